The highest BCUT2D eigenvalue weighted by atomic mass is 16.6. The predicted octanol–water partition coefficient (Wildman–Crippen LogP) is 8.82. The van der Waals surface area contributed by atoms with Gasteiger partial charge in [-0.25, -0.2) is 5.84 Å². The van der Waals surface area contributed by atoms with Crippen LogP contribution >= 0.6 is 0 Å². The molecule has 0 aliphatic heterocycles. The van der Waals surface area contributed by atoms with Crippen molar-refractivity contribution in [3.05, 3.63) is 11.9 Å². The number of esters is 3. The minimum Gasteiger partial charge on any atom is -0.463 e. The molecule has 55 heavy (non-hydrogen) atoms. The highest BCUT2D eigenvalue weighted by Gasteiger charge is 2.19. The fraction of sp³-hybridized carbons (Fsp3) is 0.884. The summed E-state index contributed by atoms with van der Waals surface area (Å²) in [6.45, 7) is 6.74. The molecule has 4 N–H and O–H groups in total. The van der Waals surface area contributed by atoms with Gasteiger partial charge in [-0.2, -0.15) is 0 Å². The molecule has 1 unspecified atom stereocenters. The number of ether oxygens (including phenoxy) is 6. The zero-order valence-corrected chi connectivity index (χ0v) is 35.5. The standard InChI is InChI=1S/C43H83N3O9/c1-4-6-8-10-12-14-16-18-20-22-24-26-41(47)54-38-40(55-43(49)27-25-23-21-19-17-15-13-11-9-7-5-2)37-46(45)36-39(44)28-29-42(48)53-35-34-52-33-32-51-31-30-50-3/h36,40H,4-35,37-38,44-45H2,1-3H3/b39-36-. The first-order valence-corrected chi connectivity index (χ1v) is 21.9. The van der Waals surface area contributed by atoms with Gasteiger partial charge in [-0.3, -0.25) is 14.4 Å². The zero-order valence-electron chi connectivity index (χ0n) is 35.5. The number of methoxy groups -OCH3 is 1. The Labute approximate surface area is 335 Å². The van der Waals surface area contributed by atoms with Crippen molar-refractivity contribution in [1.82, 2.24) is 5.01 Å². The molecule has 0 rings (SSSR count). The largest absolute Gasteiger partial charge is 0.463 e. The molecule has 0 bridgehead atoms. The van der Waals surface area contributed by atoms with Crippen LogP contribution in [-0.2, 0) is 42.8 Å². The van der Waals surface area contributed by atoms with Crippen LogP contribution in [0.2, 0.25) is 0 Å². The van der Waals surface area contributed by atoms with Crippen molar-refractivity contribution in [2.45, 2.75) is 187 Å². The van der Waals surface area contributed by atoms with Crippen molar-refractivity contribution in [3.8, 4) is 0 Å². The summed E-state index contributed by atoms with van der Waals surface area (Å²) in [5, 5.41) is 1.31. The predicted molar refractivity (Wildman–Crippen MR) is 220 cm³/mol. The van der Waals surface area contributed by atoms with E-state index < -0.39 is 12.1 Å². The molecule has 0 saturated heterocycles. The number of hydrogen-bond acceptors (Lipinski definition) is 12. The normalized spacial score (nSPS) is 12.1. The molecule has 0 amide bonds. The fourth-order valence-corrected chi connectivity index (χ4v) is 6.06. The molecule has 0 radical (unpaired) electrons. The minimum atomic E-state index is -0.758. The highest BCUT2D eigenvalue weighted by Crippen LogP contribution is 2.14. The van der Waals surface area contributed by atoms with Gasteiger partial charge in [-0.05, 0) is 19.3 Å². The van der Waals surface area contributed by atoms with E-state index in [0.717, 1.165) is 38.5 Å². The van der Waals surface area contributed by atoms with Crippen LogP contribution in [0.15, 0.2) is 11.9 Å². The van der Waals surface area contributed by atoms with Gasteiger partial charge in [0.05, 0.1) is 46.0 Å². The van der Waals surface area contributed by atoms with Gasteiger partial charge in [0.2, 0.25) is 0 Å². The van der Waals surface area contributed by atoms with Gasteiger partial charge in [0.1, 0.15) is 13.2 Å². The Hall–Kier alpha value is -2.41. The molecule has 0 heterocycles. The maximum absolute atomic E-state index is 12.8. The van der Waals surface area contributed by atoms with Crippen molar-refractivity contribution >= 4 is 17.9 Å². The number of carbonyl (C=O) groups is 3. The number of carbonyl (C=O) groups excluding carboxylic acids is 3. The molecule has 12 heteroatoms. The topological polar surface area (TPSA) is 162 Å². The van der Waals surface area contributed by atoms with Gasteiger partial charge in [0, 0.05) is 31.8 Å². The lowest BCUT2D eigenvalue weighted by Gasteiger charge is -2.23. The monoisotopic (exact) mass is 786 g/mol. The second-order valence-corrected chi connectivity index (χ2v) is 14.7. The second kappa shape index (κ2) is 41.2. The number of rotatable bonds is 42. The Morgan fingerprint density at radius 3 is 1.44 bits per heavy atom. The third-order valence-electron chi connectivity index (χ3n) is 9.36. The lowest BCUT2D eigenvalue weighted by Crippen LogP contribution is -2.39. The first kappa shape index (κ1) is 52.6. The van der Waals surface area contributed by atoms with Crippen molar-refractivity contribution in [3.63, 3.8) is 0 Å². The molecule has 0 aromatic rings. The van der Waals surface area contributed by atoms with E-state index in [1.807, 2.05) is 0 Å². The number of nitrogens with two attached hydrogens (primary N) is 2. The first-order valence-electron chi connectivity index (χ1n) is 21.9. The fourth-order valence-electron chi connectivity index (χ4n) is 6.06. The Bertz CT molecular complexity index is 922. The van der Waals surface area contributed by atoms with Gasteiger partial charge in [-0.1, -0.05) is 142 Å². The van der Waals surface area contributed by atoms with E-state index in [-0.39, 0.29) is 51.1 Å². The zero-order chi connectivity index (χ0) is 40.5. The summed E-state index contributed by atoms with van der Waals surface area (Å²) in [5.74, 6) is 5.17. The summed E-state index contributed by atoms with van der Waals surface area (Å²) < 4.78 is 32.1. The summed E-state index contributed by atoms with van der Waals surface area (Å²) in [6.07, 6.45) is 28.1. The van der Waals surface area contributed by atoms with Crippen LogP contribution in [0.5, 0.6) is 0 Å². The van der Waals surface area contributed by atoms with Crippen LogP contribution in [0.25, 0.3) is 0 Å². The third-order valence-corrected chi connectivity index (χ3v) is 9.36. The Balaban J connectivity index is 4.62. The Morgan fingerprint density at radius 2 is 0.945 bits per heavy atom. The maximum Gasteiger partial charge on any atom is 0.306 e. The van der Waals surface area contributed by atoms with Gasteiger partial charge in [0.15, 0.2) is 6.10 Å². The van der Waals surface area contributed by atoms with E-state index in [4.69, 9.17) is 40.0 Å². The van der Waals surface area contributed by atoms with E-state index >= 15 is 0 Å². The summed E-state index contributed by atoms with van der Waals surface area (Å²) in [5.41, 5.74) is 6.50. The molecular weight excluding hydrogens is 702 g/mol. The summed E-state index contributed by atoms with van der Waals surface area (Å²) in [7, 11) is 1.61. The molecule has 0 fully saturated rings. The van der Waals surface area contributed by atoms with Crippen molar-refractivity contribution in [1.29, 1.82) is 0 Å². The van der Waals surface area contributed by atoms with Gasteiger partial charge >= 0.3 is 17.9 Å². The van der Waals surface area contributed by atoms with E-state index in [9.17, 15) is 14.4 Å². The molecule has 12 nitrogen and oxygen atoms in total. The number of nitrogens with zero attached hydrogens (tertiary/aromatic N) is 1. The van der Waals surface area contributed by atoms with E-state index in [0.29, 0.717) is 45.0 Å². The van der Waals surface area contributed by atoms with Crippen molar-refractivity contribution in [2.75, 3.05) is 59.9 Å². The third kappa shape index (κ3) is 39.6. The summed E-state index contributed by atoms with van der Waals surface area (Å²) in [4.78, 5) is 37.5. The molecule has 0 aromatic heterocycles. The molecule has 1 atom stereocenters. The minimum absolute atomic E-state index is 0.0737. The Kier molecular flexibility index (Phi) is 39.4. The number of unbranched alkanes of at least 4 members (excludes halogenated alkanes) is 20. The molecule has 0 saturated carbocycles. The quantitative estimate of drug-likeness (QED) is 0.0199. The first-order chi connectivity index (χ1) is 26.8. The molecular formula is C43H83N3O9. The van der Waals surface area contributed by atoms with Crippen molar-refractivity contribution in [2.24, 2.45) is 11.6 Å². The van der Waals surface area contributed by atoms with Crippen LogP contribution in [0.3, 0.4) is 0 Å². The lowest BCUT2D eigenvalue weighted by molar-refractivity contribution is -0.160. The van der Waals surface area contributed by atoms with Gasteiger partial charge in [0.25, 0.3) is 0 Å². The SMILES string of the molecule is CCCCCCCCCCCCCC(=O)OCC(CN(N)/C=C(\N)CCC(=O)OCCOCCOCCOC)OC(=O)CCCCCCCCCCCCC. The second-order valence-electron chi connectivity index (χ2n) is 14.7. The van der Waals surface area contributed by atoms with Crippen molar-refractivity contribution < 1.29 is 42.8 Å². The van der Waals surface area contributed by atoms with Crippen LogP contribution in [0.4, 0.5) is 0 Å². The molecule has 0 aromatic carbocycles. The van der Waals surface area contributed by atoms with Crippen LogP contribution in [0, 0.1) is 0 Å². The smallest absolute Gasteiger partial charge is 0.306 e. The average molecular weight is 786 g/mol. The average Bonchev–Trinajstić information content (AvgIpc) is 3.16. The summed E-state index contributed by atoms with van der Waals surface area (Å²) >= 11 is 0. The van der Waals surface area contributed by atoms with E-state index in [1.54, 1.807) is 7.11 Å². The van der Waals surface area contributed by atoms with Crippen LogP contribution in [0.1, 0.15) is 181 Å². The molecule has 0 aliphatic rings. The number of hydrogen-bond donors (Lipinski definition) is 2. The summed E-state index contributed by atoms with van der Waals surface area (Å²) in [6, 6.07) is 0. The van der Waals surface area contributed by atoms with Gasteiger partial charge < -0.3 is 39.2 Å². The van der Waals surface area contributed by atoms with Crippen LogP contribution in [-0.4, -0.2) is 88.9 Å². The molecule has 0 spiro atoms. The van der Waals surface area contributed by atoms with Crippen LogP contribution < -0.4 is 11.6 Å². The number of allylic oxidation sites excluding steroid dienone is 1. The van der Waals surface area contributed by atoms with E-state index in [2.05, 4.69) is 13.8 Å². The highest BCUT2D eigenvalue weighted by molar-refractivity contribution is 5.70. The molecule has 0 aliphatic carbocycles. The lowest BCUT2D eigenvalue weighted by atomic mass is 10.1. The number of hydrazine groups is 1. The Morgan fingerprint density at radius 1 is 0.527 bits per heavy atom. The molecule has 324 valence electrons. The van der Waals surface area contributed by atoms with Gasteiger partial charge in [-0.15, -0.1) is 0 Å². The maximum atomic E-state index is 12.8. The van der Waals surface area contributed by atoms with E-state index in [1.165, 1.54) is 114 Å².